The molecule has 1 amide bonds. The molecule has 2 heterocycles. The summed E-state index contributed by atoms with van der Waals surface area (Å²) in [5, 5.41) is 9.62. The van der Waals surface area contributed by atoms with Crippen molar-refractivity contribution in [3.63, 3.8) is 0 Å². The quantitative estimate of drug-likeness (QED) is 0.692. The van der Waals surface area contributed by atoms with Gasteiger partial charge in [-0.1, -0.05) is 13.0 Å². The van der Waals surface area contributed by atoms with Gasteiger partial charge in [-0.25, -0.2) is 12.7 Å². The SMILES string of the molecule is C[C@H](Cc1ccc(O)c(Br)c1)C(=O)N1CCC(C2CCN(S(C)(=O)=O)CC2)CC1. The average Bonchev–Trinajstić information content (AvgIpc) is 2.70. The van der Waals surface area contributed by atoms with E-state index in [0.29, 0.717) is 35.8 Å². The number of carbonyl (C=O) groups excluding carboxylic acids is 1. The topological polar surface area (TPSA) is 77.9 Å². The third-order valence-corrected chi connectivity index (χ3v) is 8.40. The number of hydrogen-bond donors (Lipinski definition) is 1. The van der Waals surface area contributed by atoms with Gasteiger partial charge in [-0.05, 0) is 77.6 Å². The van der Waals surface area contributed by atoms with Crippen LogP contribution >= 0.6 is 15.9 Å². The van der Waals surface area contributed by atoms with Gasteiger partial charge in [0.25, 0.3) is 0 Å². The number of nitrogens with zero attached hydrogens (tertiary/aromatic N) is 2. The molecule has 1 aromatic carbocycles. The van der Waals surface area contributed by atoms with Crippen LogP contribution in [0.4, 0.5) is 0 Å². The second kappa shape index (κ2) is 9.35. The lowest BCUT2D eigenvalue weighted by atomic mass is 9.79. The summed E-state index contributed by atoms with van der Waals surface area (Å²) in [5.41, 5.74) is 1.03. The minimum atomic E-state index is -3.08. The Bertz CT molecular complexity index is 829. The lowest BCUT2D eigenvalue weighted by Crippen LogP contribution is -2.45. The largest absolute Gasteiger partial charge is 0.507 e. The monoisotopic (exact) mass is 486 g/mol. The molecule has 2 aliphatic rings. The number of halogens is 1. The molecule has 0 aliphatic carbocycles. The van der Waals surface area contributed by atoms with Crippen molar-refractivity contribution in [3.8, 4) is 5.75 Å². The standard InChI is InChI=1S/C21H31BrN2O4S/c1-15(13-16-3-4-20(25)19(22)14-16)21(26)23-9-5-17(6-10-23)18-7-11-24(12-8-18)29(2,27)28/h3-4,14-15,17-18,25H,5-13H2,1-2H3/t15-/m1/s1. The summed E-state index contributed by atoms with van der Waals surface area (Å²) >= 11 is 3.33. The number of phenols is 1. The van der Waals surface area contributed by atoms with E-state index in [1.807, 2.05) is 24.0 Å². The molecule has 6 nitrogen and oxygen atoms in total. The van der Waals surface area contributed by atoms with Crippen LogP contribution in [0.3, 0.4) is 0 Å². The molecule has 29 heavy (non-hydrogen) atoms. The van der Waals surface area contributed by atoms with Gasteiger partial charge in [-0.3, -0.25) is 4.79 Å². The molecule has 1 aromatic rings. The number of rotatable bonds is 5. The number of hydrogen-bond acceptors (Lipinski definition) is 4. The van der Waals surface area contributed by atoms with Crippen LogP contribution in [0.15, 0.2) is 22.7 Å². The summed E-state index contributed by atoms with van der Waals surface area (Å²) in [6.45, 7) is 4.80. The zero-order valence-electron chi connectivity index (χ0n) is 17.2. The van der Waals surface area contributed by atoms with Crippen LogP contribution in [0.25, 0.3) is 0 Å². The lowest BCUT2D eigenvalue weighted by molar-refractivity contribution is -0.136. The van der Waals surface area contributed by atoms with Crippen LogP contribution < -0.4 is 0 Å². The Balaban J connectivity index is 1.47. The maximum atomic E-state index is 12.9. The van der Waals surface area contributed by atoms with Gasteiger partial charge in [0, 0.05) is 32.1 Å². The van der Waals surface area contributed by atoms with E-state index >= 15 is 0 Å². The molecule has 0 bridgehead atoms. The van der Waals surface area contributed by atoms with Gasteiger partial charge in [0.15, 0.2) is 0 Å². The molecule has 2 aliphatic heterocycles. The van der Waals surface area contributed by atoms with Gasteiger partial charge in [-0.15, -0.1) is 0 Å². The molecule has 0 saturated carbocycles. The first-order chi connectivity index (χ1) is 13.6. The predicted molar refractivity (Wildman–Crippen MR) is 117 cm³/mol. The molecule has 2 fully saturated rings. The number of piperidine rings is 2. The van der Waals surface area contributed by atoms with E-state index in [9.17, 15) is 18.3 Å². The van der Waals surface area contributed by atoms with Crippen molar-refractivity contribution in [2.45, 2.75) is 39.0 Å². The second-order valence-electron chi connectivity index (χ2n) is 8.55. The predicted octanol–water partition coefficient (Wildman–Crippen LogP) is 3.24. The molecule has 1 N–H and O–H groups in total. The Morgan fingerprint density at radius 3 is 2.21 bits per heavy atom. The molecule has 0 unspecified atom stereocenters. The second-order valence-corrected chi connectivity index (χ2v) is 11.4. The van der Waals surface area contributed by atoms with Gasteiger partial charge in [0.2, 0.25) is 15.9 Å². The number of benzene rings is 1. The molecule has 1 atom stereocenters. The molecular formula is C21H31BrN2O4S. The van der Waals surface area contributed by atoms with Crippen molar-refractivity contribution >= 4 is 31.9 Å². The van der Waals surface area contributed by atoms with Crippen LogP contribution in [-0.4, -0.2) is 61.1 Å². The first-order valence-electron chi connectivity index (χ1n) is 10.4. The van der Waals surface area contributed by atoms with E-state index in [4.69, 9.17) is 0 Å². The van der Waals surface area contributed by atoms with E-state index in [1.165, 1.54) is 6.26 Å². The number of likely N-dealkylation sites (tertiary alicyclic amines) is 1. The Kier molecular flexibility index (Phi) is 7.27. The summed E-state index contributed by atoms with van der Waals surface area (Å²) in [7, 11) is -3.08. The third kappa shape index (κ3) is 5.73. The minimum absolute atomic E-state index is 0.0963. The normalized spacial score (nSPS) is 21.3. The summed E-state index contributed by atoms with van der Waals surface area (Å²) in [6.07, 6.45) is 5.81. The van der Waals surface area contributed by atoms with Crippen molar-refractivity contribution < 1.29 is 18.3 Å². The van der Waals surface area contributed by atoms with Gasteiger partial charge in [0.05, 0.1) is 10.7 Å². The smallest absolute Gasteiger partial charge is 0.225 e. The fraction of sp³-hybridized carbons (Fsp3) is 0.667. The van der Waals surface area contributed by atoms with Crippen molar-refractivity contribution in [1.29, 1.82) is 0 Å². The maximum Gasteiger partial charge on any atom is 0.225 e. The number of aromatic hydroxyl groups is 1. The molecule has 0 aromatic heterocycles. The van der Waals surface area contributed by atoms with Crippen LogP contribution in [-0.2, 0) is 21.2 Å². The van der Waals surface area contributed by atoms with Crippen LogP contribution in [0, 0.1) is 17.8 Å². The Morgan fingerprint density at radius 1 is 1.14 bits per heavy atom. The summed E-state index contributed by atoms with van der Waals surface area (Å²) in [5.74, 6) is 1.46. The number of sulfonamides is 1. The van der Waals surface area contributed by atoms with Crippen molar-refractivity contribution in [2.75, 3.05) is 32.4 Å². The van der Waals surface area contributed by atoms with Crippen LogP contribution in [0.2, 0.25) is 0 Å². The average molecular weight is 487 g/mol. The molecule has 3 rings (SSSR count). The van der Waals surface area contributed by atoms with E-state index in [1.54, 1.807) is 10.4 Å². The summed E-state index contributed by atoms with van der Waals surface area (Å²) < 4.78 is 25.6. The summed E-state index contributed by atoms with van der Waals surface area (Å²) in [4.78, 5) is 14.9. The Morgan fingerprint density at radius 2 is 1.69 bits per heavy atom. The summed E-state index contributed by atoms with van der Waals surface area (Å²) in [6, 6.07) is 5.38. The highest BCUT2D eigenvalue weighted by molar-refractivity contribution is 9.10. The van der Waals surface area contributed by atoms with Crippen molar-refractivity contribution in [2.24, 2.45) is 17.8 Å². The van der Waals surface area contributed by atoms with Gasteiger partial charge >= 0.3 is 0 Å². The van der Waals surface area contributed by atoms with Crippen LogP contribution in [0.5, 0.6) is 5.75 Å². The van der Waals surface area contributed by atoms with Crippen molar-refractivity contribution in [1.82, 2.24) is 9.21 Å². The Labute approximate surface area is 182 Å². The molecule has 2 saturated heterocycles. The first kappa shape index (κ1) is 22.6. The lowest BCUT2D eigenvalue weighted by Gasteiger charge is -2.40. The van der Waals surface area contributed by atoms with Gasteiger partial charge in [0.1, 0.15) is 5.75 Å². The number of carbonyl (C=O) groups is 1. The number of amides is 1. The molecular weight excluding hydrogens is 456 g/mol. The number of phenolic OH excluding ortho intramolecular Hbond substituents is 1. The minimum Gasteiger partial charge on any atom is -0.507 e. The van der Waals surface area contributed by atoms with E-state index < -0.39 is 10.0 Å². The highest BCUT2D eigenvalue weighted by Gasteiger charge is 2.33. The molecule has 0 spiro atoms. The van der Waals surface area contributed by atoms with Gasteiger partial charge in [-0.2, -0.15) is 0 Å². The van der Waals surface area contributed by atoms with Gasteiger partial charge < -0.3 is 10.0 Å². The highest BCUT2D eigenvalue weighted by atomic mass is 79.9. The zero-order chi connectivity index (χ0) is 21.2. The maximum absolute atomic E-state index is 12.9. The van der Waals surface area contributed by atoms with E-state index in [-0.39, 0.29) is 17.6 Å². The molecule has 0 radical (unpaired) electrons. The molecule has 8 heteroatoms. The van der Waals surface area contributed by atoms with Crippen LogP contribution in [0.1, 0.15) is 38.2 Å². The third-order valence-electron chi connectivity index (χ3n) is 6.46. The Hall–Kier alpha value is -1.12. The fourth-order valence-electron chi connectivity index (χ4n) is 4.70. The highest BCUT2D eigenvalue weighted by Crippen LogP contribution is 2.33. The fourth-order valence-corrected chi connectivity index (χ4v) is 6.00. The first-order valence-corrected chi connectivity index (χ1v) is 13.0. The van der Waals surface area contributed by atoms with E-state index in [2.05, 4.69) is 15.9 Å². The molecule has 162 valence electrons. The zero-order valence-corrected chi connectivity index (χ0v) is 19.6. The van der Waals surface area contributed by atoms with E-state index in [0.717, 1.165) is 44.3 Å². The van der Waals surface area contributed by atoms with Crippen molar-refractivity contribution in [3.05, 3.63) is 28.2 Å².